The first-order valence-electron chi connectivity index (χ1n) is 8.31. The lowest BCUT2D eigenvalue weighted by Gasteiger charge is -2.48. The SMILES string of the molecule is CCC(=O)N1C(C)CN(C/C=C/c2ccccc2)C(C)C1C. The zero-order valence-electron chi connectivity index (χ0n) is 14.2. The van der Waals surface area contributed by atoms with Crippen LogP contribution in [-0.2, 0) is 4.79 Å². The van der Waals surface area contributed by atoms with Crippen molar-refractivity contribution in [1.82, 2.24) is 9.80 Å². The minimum absolute atomic E-state index is 0.265. The molecule has 0 bridgehead atoms. The van der Waals surface area contributed by atoms with Crippen LogP contribution in [0.5, 0.6) is 0 Å². The normalized spacial score (nSPS) is 26.5. The smallest absolute Gasteiger partial charge is 0.222 e. The van der Waals surface area contributed by atoms with E-state index in [1.54, 1.807) is 0 Å². The maximum atomic E-state index is 12.1. The van der Waals surface area contributed by atoms with Gasteiger partial charge in [0.1, 0.15) is 0 Å². The van der Waals surface area contributed by atoms with Gasteiger partial charge in [-0.05, 0) is 26.3 Å². The summed E-state index contributed by atoms with van der Waals surface area (Å²) in [5.74, 6) is 0.270. The Morgan fingerprint density at radius 1 is 1.18 bits per heavy atom. The average Bonchev–Trinajstić information content (AvgIpc) is 2.53. The van der Waals surface area contributed by atoms with Crippen LogP contribution in [-0.4, -0.2) is 46.9 Å². The first-order valence-corrected chi connectivity index (χ1v) is 8.31. The fourth-order valence-corrected chi connectivity index (χ4v) is 3.32. The standard InChI is InChI=1S/C19H28N2O/c1-5-19(22)21-15(2)14-20(16(3)17(21)4)13-9-12-18-10-7-6-8-11-18/h6-12,15-17H,5,13-14H2,1-4H3/b12-9+. The second-order valence-corrected chi connectivity index (χ2v) is 6.25. The van der Waals surface area contributed by atoms with Crippen LogP contribution in [0, 0.1) is 0 Å². The van der Waals surface area contributed by atoms with Crippen molar-refractivity contribution in [3.63, 3.8) is 0 Å². The molecule has 1 saturated heterocycles. The fraction of sp³-hybridized carbons (Fsp3) is 0.526. The highest BCUT2D eigenvalue weighted by atomic mass is 16.2. The second-order valence-electron chi connectivity index (χ2n) is 6.25. The molecular weight excluding hydrogens is 272 g/mol. The minimum Gasteiger partial charge on any atom is -0.334 e. The Balaban J connectivity index is 1.99. The van der Waals surface area contributed by atoms with Gasteiger partial charge in [0.2, 0.25) is 5.91 Å². The van der Waals surface area contributed by atoms with Gasteiger partial charge in [0.05, 0.1) is 0 Å². The van der Waals surface area contributed by atoms with Gasteiger partial charge in [-0.2, -0.15) is 0 Å². The number of rotatable bonds is 4. The number of carbonyl (C=O) groups is 1. The van der Waals surface area contributed by atoms with Crippen LogP contribution in [0.25, 0.3) is 6.08 Å². The number of nitrogens with zero attached hydrogens (tertiary/aromatic N) is 2. The molecule has 0 saturated carbocycles. The van der Waals surface area contributed by atoms with Crippen molar-refractivity contribution in [2.24, 2.45) is 0 Å². The molecule has 0 spiro atoms. The topological polar surface area (TPSA) is 23.6 Å². The molecule has 1 aromatic rings. The van der Waals surface area contributed by atoms with E-state index in [1.807, 2.05) is 13.0 Å². The molecule has 3 unspecified atom stereocenters. The molecule has 1 aromatic carbocycles. The third-order valence-electron chi connectivity index (χ3n) is 4.73. The van der Waals surface area contributed by atoms with Crippen LogP contribution < -0.4 is 0 Å². The molecule has 1 heterocycles. The van der Waals surface area contributed by atoms with Crippen LogP contribution in [0.15, 0.2) is 36.4 Å². The summed E-state index contributed by atoms with van der Waals surface area (Å²) in [5.41, 5.74) is 1.23. The summed E-state index contributed by atoms with van der Waals surface area (Å²) in [5, 5.41) is 0. The van der Waals surface area contributed by atoms with Crippen molar-refractivity contribution in [1.29, 1.82) is 0 Å². The largest absolute Gasteiger partial charge is 0.334 e. The highest BCUT2D eigenvalue weighted by Gasteiger charge is 2.36. The van der Waals surface area contributed by atoms with E-state index in [9.17, 15) is 4.79 Å². The zero-order chi connectivity index (χ0) is 16.1. The molecule has 1 fully saturated rings. The minimum atomic E-state index is 0.265. The van der Waals surface area contributed by atoms with Crippen LogP contribution in [0.1, 0.15) is 39.7 Å². The third kappa shape index (κ3) is 3.77. The molecule has 1 aliphatic rings. The van der Waals surface area contributed by atoms with Gasteiger partial charge in [0, 0.05) is 37.6 Å². The number of piperazine rings is 1. The summed E-state index contributed by atoms with van der Waals surface area (Å²) in [6, 6.07) is 11.3. The zero-order valence-corrected chi connectivity index (χ0v) is 14.2. The molecular formula is C19H28N2O. The Hall–Kier alpha value is -1.61. The van der Waals surface area contributed by atoms with Gasteiger partial charge in [0.25, 0.3) is 0 Å². The molecule has 3 atom stereocenters. The summed E-state index contributed by atoms with van der Waals surface area (Å²) in [6.45, 7) is 10.4. The van der Waals surface area contributed by atoms with E-state index in [2.05, 4.69) is 67.0 Å². The summed E-state index contributed by atoms with van der Waals surface area (Å²) in [4.78, 5) is 16.7. The molecule has 2 rings (SSSR count). The highest BCUT2D eigenvalue weighted by molar-refractivity contribution is 5.76. The van der Waals surface area contributed by atoms with E-state index in [0.717, 1.165) is 13.1 Å². The van der Waals surface area contributed by atoms with E-state index in [1.165, 1.54) is 5.56 Å². The molecule has 1 aliphatic heterocycles. The number of hydrogen-bond donors (Lipinski definition) is 0. The summed E-state index contributed by atoms with van der Waals surface area (Å²) >= 11 is 0. The van der Waals surface area contributed by atoms with E-state index >= 15 is 0 Å². The summed E-state index contributed by atoms with van der Waals surface area (Å²) in [7, 11) is 0. The number of amides is 1. The van der Waals surface area contributed by atoms with Crippen LogP contribution >= 0.6 is 0 Å². The van der Waals surface area contributed by atoms with Gasteiger partial charge >= 0.3 is 0 Å². The molecule has 120 valence electrons. The van der Waals surface area contributed by atoms with Gasteiger partial charge in [-0.1, -0.05) is 49.4 Å². The first-order chi connectivity index (χ1) is 10.5. The van der Waals surface area contributed by atoms with Gasteiger partial charge in [-0.25, -0.2) is 0 Å². The summed E-state index contributed by atoms with van der Waals surface area (Å²) < 4.78 is 0. The van der Waals surface area contributed by atoms with Crippen molar-refractivity contribution in [3.05, 3.63) is 42.0 Å². The quantitative estimate of drug-likeness (QED) is 0.850. The number of benzene rings is 1. The highest BCUT2D eigenvalue weighted by Crippen LogP contribution is 2.22. The Labute approximate surface area is 134 Å². The lowest BCUT2D eigenvalue weighted by molar-refractivity contribution is -0.140. The number of hydrogen-bond acceptors (Lipinski definition) is 2. The van der Waals surface area contributed by atoms with Crippen molar-refractivity contribution < 1.29 is 4.79 Å². The lowest BCUT2D eigenvalue weighted by Crippen LogP contribution is -2.62. The second kappa shape index (κ2) is 7.59. The van der Waals surface area contributed by atoms with E-state index in [4.69, 9.17) is 0 Å². The maximum Gasteiger partial charge on any atom is 0.222 e. The molecule has 0 aromatic heterocycles. The third-order valence-corrected chi connectivity index (χ3v) is 4.73. The van der Waals surface area contributed by atoms with Crippen molar-refractivity contribution in [2.45, 2.75) is 52.2 Å². The Morgan fingerprint density at radius 3 is 2.50 bits per heavy atom. The molecule has 22 heavy (non-hydrogen) atoms. The molecule has 1 amide bonds. The van der Waals surface area contributed by atoms with Crippen molar-refractivity contribution >= 4 is 12.0 Å². The monoisotopic (exact) mass is 300 g/mol. The first kappa shape index (κ1) is 16.8. The molecule has 3 nitrogen and oxygen atoms in total. The van der Waals surface area contributed by atoms with Gasteiger partial charge in [-0.3, -0.25) is 9.69 Å². The van der Waals surface area contributed by atoms with Crippen molar-refractivity contribution in [3.8, 4) is 0 Å². The van der Waals surface area contributed by atoms with E-state index in [-0.39, 0.29) is 18.0 Å². The van der Waals surface area contributed by atoms with Crippen LogP contribution in [0.2, 0.25) is 0 Å². The van der Waals surface area contributed by atoms with Gasteiger partial charge < -0.3 is 4.90 Å². The van der Waals surface area contributed by atoms with E-state index < -0.39 is 0 Å². The Morgan fingerprint density at radius 2 is 1.86 bits per heavy atom. The average molecular weight is 300 g/mol. The molecule has 0 N–H and O–H groups in total. The molecule has 0 radical (unpaired) electrons. The number of carbonyl (C=O) groups excluding carboxylic acids is 1. The molecule has 3 heteroatoms. The van der Waals surface area contributed by atoms with Crippen molar-refractivity contribution in [2.75, 3.05) is 13.1 Å². The predicted molar refractivity (Wildman–Crippen MR) is 92.6 cm³/mol. The van der Waals surface area contributed by atoms with Crippen LogP contribution in [0.3, 0.4) is 0 Å². The summed E-state index contributed by atoms with van der Waals surface area (Å²) in [6.07, 6.45) is 4.99. The Bertz CT molecular complexity index is 511. The van der Waals surface area contributed by atoms with Crippen LogP contribution in [0.4, 0.5) is 0 Å². The maximum absolute atomic E-state index is 12.1. The van der Waals surface area contributed by atoms with Gasteiger partial charge in [0.15, 0.2) is 0 Å². The lowest BCUT2D eigenvalue weighted by atomic mass is 9.99. The fourth-order valence-electron chi connectivity index (χ4n) is 3.32. The van der Waals surface area contributed by atoms with E-state index in [0.29, 0.717) is 12.5 Å². The Kier molecular flexibility index (Phi) is 5.78. The van der Waals surface area contributed by atoms with Gasteiger partial charge in [-0.15, -0.1) is 0 Å². The molecule has 0 aliphatic carbocycles. The predicted octanol–water partition coefficient (Wildman–Crippen LogP) is 3.42.